The third kappa shape index (κ3) is 3.90. The van der Waals surface area contributed by atoms with Crippen LogP contribution >= 0.6 is 27.7 Å². The molecule has 6 nitrogen and oxygen atoms in total. The second kappa shape index (κ2) is 7.96. The Morgan fingerprint density at radius 1 is 1.38 bits per heavy atom. The largest absolute Gasteiger partial charge is 0.345 e. The van der Waals surface area contributed by atoms with E-state index in [1.54, 1.807) is 30.7 Å². The van der Waals surface area contributed by atoms with E-state index in [0.29, 0.717) is 22.0 Å². The van der Waals surface area contributed by atoms with Gasteiger partial charge in [-0.3, -0.25) is 19.2 Å². The summed E-state index contributed by atoms with van der Waals surface area (Å²) < 4.78 is 15.9. The molecule has 1 aliphatic rings. The molecule has 0 radical (unpaired) electrons. The Balaban J connectivity index is 1.65. The van der Waals surface area contributed by atoms with Gasteiger partial charge in [0.2, 0.25) is 0 Å². The van der Waals surface area contributed by atoms with E-state index >= 15 is 0 Å². The molecule has 9 heteroatoms. The molecular weight excluding hydrogens is 461 g/mol. The average Bonchev–Trinajstić information content (AvgIpc) is 3.08. The minimum absolute atomic E-state index is 0.317. The van der Waals surface area contributed by atoms with E-state index in [2.05, 4.69) is 36.2 Å². The highest BCUT2D eigenvalue weighted by atomic mass is 79.9. The molecule has 0 saturated carbocycles. The number of aromatic nitrogens is 2. The second-order valence-corrected chi connectivity index (χ2v) is 7.92. The molecule has 0 spiro atoms. The minimum atomic E-state index is -0.454. The number of H-pyrrole nitrogens is 1. The summed E-state index contributed by atoms with van der Waals surface area (Å²) in [7, 11) is 0. The van der Waals surface area contributed by atoms with Crippen LogP contribution in [0, 0.1) is 5.95 Å². The summed E-state index contributed by atoms with van der Waals surface area (Å²) >= 11 is 9.52. The Hall–Kier alpha value is -2.71. The number of halogens is 3. The van der Waals surface area contributed by atoms with Gasteiger partial charge in [-0.25, -0.2) is 0 Å². The van der Waals surface area contributed by atoms with Crippen molar-refractivity contribution in [3.63, 3.8) is 0 Å². The summed E-state index contributed by atoms with van der Waals surface area (Å²) in [5.41, 5.74) is 2.44. The lowest BCUT2D eigenvalue weighted by molar-refractivity contribution is 0.0927. The van der Waals surface area contributed by atoms with Gasteiger partial charge in [0.25, 0.3) is 5.91 Å². The molecule has 2 aromatic heterocycles. The molecule has 0 fully saturated rings. The topological polar surface area (TPSA) is 73.4 Å². The Labute approximate surface area is 179 Å². The normalized spacial score (nSPS) is 17.3. The maximum atomic E-state index is 13.7. The van der Waals surface area contributed by atoms with Crippen LogP contribution in [-0.4, -0.2) is 38.7 Å². The lowest BCUT2D eigenvalue weighted by atomic mass is 9.98. The van der Waals surface area contributed by atoms with Crippen molar-refractivity contribution in [1.82, 2.24) is 19.7 Å². The van der Waals surface area contributed by atoms with E-state index in [-0.39, 0.29) is 11.9 Å². The third-order valence-electron chi connectivity index (χ3n) is 4.64. The zero-order chi connectivity index (χ0) is 20.5. The Morgan fingerprint density at radius 3 is 3.00 bits per heavy atom. The van der Waals surface area contributed by atoms with Crippen molar-refractivity contribution >= 4 is 50.7 Å². The van der Waals surface area contributed by atoms with Crippen LogP contribution in [0.1, 0.15) is 17.3 Å². The first-order valence-corrected chi connectivity index (χ1v) is 9.94. The van der Waals surface area contributed by atoms with Crippen molar-refractivity contribution in [3.05, 3.63) is 64.9 Å². The molecule has 2 unspecified atom stereocenters. The molecule has 4 rings (SSSR count). The van der Waals surface area contributed by atoms with Gasteiger partial charge in [-0.05, 0) is 46.1 Å². The van der Waals surface area contributed by atoms with Crippen LogP contribution in [-0.2, 0) is 0 Å². The number of aliphatic imine (C=N–C) groups is 1. The maximum absolute atomic E-state index is 13.7. The van der Waals surface area contributed by atoms with Crippen LogP contribution in [0.2, 0.25) is 0 Å². The summed E-state index contributed by atoms with van der Waals surface area (Å²) in [5.74, 6) is -0.750. The Bertz CT molecular complexity index is 1140. The van der Waals surface area contributed by atoms with Crippen molar-refractivity contribution in [2.75, 3.05) is 0 Å². The summed E-state index contributed by atoms with van der Waals surface area (Å²) in [6.45, 7) is 1.82. The van der Waals surface area contributed by atoms with E-state index in [4.69, 9.17) is 11.8 Å². The molecule has 148 valence electrons. The molecule has 29 heavy (non-hydrogen) atoms. The van der Waals surface area contributed by atoms with Gasteiger partial charge in [0.1, 0.15) is 0 Å². The van der Waals surface area contributed by atoms with Gasteiger partial charge in [-0.2, -0.15) is 4.39 Å². The molecule has 1 aromatic carbocycles. The molecular formula is C20H16BrClFN5O. The Kier molecular flexibility index (Phi) is 5.38. The number of benzene rings is 1. The number of carbonyl (C=O) groups is 1. The molecule has 3 aromatic rings. The molecule has 0 aliphatic carbocycles. The van der Waals surface area contributed by atoms with E-state index in [9.17, 15) is 9.18 Å². The number of hydrogen-bond acceptors (Lipinski definition) is 4. The highest BCUT2D eigenvalue weighted by molar-refractivity contribution is 9.12. The second-order valence-electron chi connectivity index (χ2n) is 6.62. The molecule has 3 heterocycles. The van der Waals surface area contributed by atoms with Gasteiger partial charge in [0.15, 0.2) is 12.1 Å². The van der Waals surface area contributed by atoms with Crippen molar-refractivity contribution in [2.24, 2.45) is 4.99 Å². The van der Waals surface area contributed by atoms with Crippen molar-refractivity contribution in [3.8, 4) is 11.1 Å². The van der Waals surface area contributed by atoms with Gasteiger partial charge in [-0.1, -0.05) is 12.1 Å². The number of allylic oxidation sites excluding steroid dienone is 1. The quantitative estimate of drug-likeness (QED) is 0.541. The van der Waals surface area contributed by atoms with E-state index < -0.39 is 12.1 Å². The lowest BCUT2D eigenvalue weighted by Gasteiger charge is -2.29. The highest BCUT2D eigenvalue weighted by Gasteiger charge is 2.26. The number of nitrogens with zero attached hydrogens (tertiary/aromatic N) is 3. The van der Waals surface area contributed by atoms with E-state index in [1.165, 1.54) is 16.7 Å². The van der Waals surface area contributed by atoms with Gasteiger partial charge >= 0.3 is 0 Å². The fourth-order valence-electron chi connectivity index (χ4n) is 3.31. The van der Waals surface area contributed by atoms with Gasteiger partial charge in [-0.15, -0.1) is 0 Å². The summed E-state index contributed by atoms with van der Waals surface area (Å²) in [6.07, 6.45) is 5.97. The van der Waals surface area contributed by atoms with E-state index in [1.807, 2.05) is 19.1 Å². The van der Waals surface area contributed by atoms with Gasteiger partial charge in [0, 0.05) is 53.6 Å². The predicted octanol–water partition coefficient (Wildman–Crippen LogP) is 4.59. The van der Waals surface area contributed by atoms with Crippen molar-refractivity contribution in [1.29, 1.82) is 0 Å². The number of carbonyl (C=O) groups excluding carboxylic acids is 1. The summed E-state index contributed by atoms with van der Waals surface area (Å²) in [6, 6.07) is 8.23. The van der Waals surface area contributed by atoms with Crippen LogP contribution in [0.3, 0.4) is 0 Å². The molecule has 2 N–H and O–H groups in total. The summed E-state index contributed by atoms with van der Waals surface area (Å²) in [5, 5.41) is 3.62. The van der Waals surface area contributed by atoms with E-state index in [0.717, 1.165) is 10.0 Å². The average molecular weight is 477 g/mol. The van der Waals surface area contributed by atoms with Crippen molar-refractivity contribution < 1.29 is 9.18 Å². The first kappa shape index (κ1) is 19.6. The Morgan fingerprint density at radius 2 is 2.21 bits per heavy atom. The van der Waals surface area contributed by atoms with Crippen LogP contribution in [0.15, 0.2) is 58.4 Å². The van der Waals surface area contributed by atoms with Crippen LogP contribution in [0.25, 0.3) is 22.0 Å². The van der Waals surface area contributed by atoms with Crippen LogP contribution in [0.5, 0.6) is 0 Å². The minimum Gasteiger partial charge on any atom is -0.345 e. The number of fused-ring (bicyclic) bond motifs is 1. The first-order valence-electron chi connectivity index (χ1n) is 8.81. The zero-order valence-electron chi connectivity index (χ0n) is 15.2. The lowest BCUT2D eigenvalue weighted by Crippen LogP contribution is -2.46. The molecule has 1 amide bonds. The van der Waals surface area contributed by atoms with Crippen LogP contribution < -0.4 is 5.32 Å². The third-order valence-corrected chi connectivity index (χ3v) is 5.35. The van der Waals surface area contributed by atoms with Crippen LogP contribution in [0.4, 0.5) is 4.39 Å². The standard InChI is InChI=1S/C20H16BrClFN5O/c1-11(19-25-8-12(21)10-28(19)22)26-20(29)16-9-24-6-5-14(16)13-3-2-4-17-15(13)7-18(23)27-17/h2-11,19,27H,1H3,(H,26,29). The van der Waals surface area contributed by atoms with Gasteiger partial charge in [0.05, 0.1) is 16.1 Å². The fraction of sp³-hybridized carbons (Fsp3) is 0.150. The highest BCUT2D eigenvalue weighted by Crippen LogP contribution is 2.31. The number of nitrogens with one attached hydrogen (secondary N) is 2. The summed E-state index contributed by atoms with van der Waals surface area (Å²) in [4.78, 5) is 24.1. The zero-order valence-corrected chi connectivity index (χ0v) is 17.6. The molecule has 0 bridgehead atoms. The SMILES string of the molecule is CC(NC(=O)c1cnccc1-c1cccc2[nH]c(F)cc12)C1N=CC(Br)=CN1Cl. The molecule has 1 aliphatic heterocycles. The molecule has 2 atom stereocenters. The number of amides is 1. The monoisotopic (exact) mass is 475 g/mol. The first-order chi connectivity index (χ1) is 13.9. The number of rotatable bonds is 4. The fourth-order valence-corrected chi connectivity index (χ4v) is 4.09. The molecule has 0 saturated heterocycles. The number of aromatic amines is 1. The van der Waals surface area contributed by atoms with Gasteiger partial charge < -0.3 is 10.3 Å². The number of pyridine rings is 1. The van der Waals surface area contributed by atoms with Crippen molar-refractivity contribution in [2.45, 2.75) is 19.1 Å². The smallest absolute Gasteiger partial charge is 0.253 e. The maximum Gasteiger partial charge on any atom is 0.253 e. The number of hydrogen-bond donors (Lipinski definition) is 2. The predicted molar refractivity (Wildman–Crippen MR) is 115 cm³/mol.